The minimum absolute atomic E-state index is 0.107. The lowest BCUT2D eigenvalue weighted by Crippen LogP contribution is -2.33. The number of amides is 1. The minimum Gasteiger partial charge on any atom is -0.319 e. The van der Waals surface area contributed by atoms with Crippen molar-refractivity contribution in [3.05, 3.63) is 54.1 Å². The Labute approximate surface area is 177 Å². The van der Waals surface area contributed by atoms with E-state index in [0.717, 1.165) is 46.6 Å². The molecule has 1 aliphatic heterocycles. The van der Waals surface area contributed by atoms with E-state index < -0.39 is 0 Å². The van der Waals surface area contributed by atoms with Crippen LogP contribution >= 0.6 is 0 Å². The van der Waals surface area contributed by atoms with E-state index >= 15 is 0 Å². The summed E-state index contributed by atoms with van der Waals surface area (Å²) in [6, 6.07) is 16.6. The zero-order valence-corrected chi connectivity index (χ0v) is 17.9. The van der Waals surface area contributed by atoms with Crippen molar-refractivity contribution in [2.45, 2.75) is 45.7 Å². The van der Waals surface area contributed by atoms with Gasteiger partial charge >= 0.3 is 0 Å². The quantitative estimate of drug-likeness (QED) is 0.661. The second kappa shape index (κ2) is 8.79. The fourth-order valence-corrected chi connectivity index (χ4v) is 4.22. The molecule has 0 saturated carbocycles. The molecule has 6 nitrogen and oxygen atoms in total. The smallest absolute Gasteiger partial charge is 0.228 e. The van der Waals surface area contributed by atoms with Gasteiger partial charge in [0.05, 0.1) is 24.0 Å². The van der Waals surface area contributed by atoms with E-state index in [1.54, 1.807) is 0 Å². The normalized spacial score (nSPS) is 13.6. The molecule has 1 atom stereocenters. The van der Waals surface area contributed by atoms with Crippen molar-refractivity contribution in [3.8, 4) is 22.5 Å². The van der Waals surface area contributed by atoms with E-state index in [4.69, 9.17) is 0 Å². The maximum atomic E-state index is 13.2. The highest BCUT2D eigenvalue weighted by Crippen LogP contribution is 2.42. The first kappa shape index (κ1) is 20.3. The molecule has 0 saturated heterocycles. The number of carbonyl (C=O) groups is 1. The Hall–Kier alpha value is -2.99. The van der Waals surface area contributed by atoms with Crippen LogP contribution in [0.15, 0.2) is 48.5 Å². The summed E-state index contributed by atoms with van der Waals surface area (Å²) in [5.74, 6) is 0.107. The third kappa shape index (κ3) is 3.63. The number of hydrogen-bond acceptors (Lipinski definition) is 4. The standard InChI is InChI=1S/C24H29N5O/c1-4-9-17(2)29-24-20-12-7-8-13-21(20)28(22(30)14-15-25-3)16-18-10-5-6-11-19(18)23(24)26-27-29/h5-8,10-13,17,25H,4,9,14-16H2,1-3H3. The molecule has 6 heteroatoms. The molecule has 1 unspecified atom stereocenters. The van der Waals surface area contributed by atoms with E-state index in [1.165, 1.54) is 0 Å². The molecule has 1 aliphatic rings. The van der Waals surface area contributed by atoms with Crippen LogP contribution in [0.5, 0.6) is 0 Å². The van der Waals surface area contributed by atoms with Crippen LogP contribution in [0, 0.1) is 0 Å². The van der Waals surface area contributed by atoms with Crippen LogP contribution in [-0.4, -0.2) is 34.5 Å². The summed E-state index contributed by atoms with van der Waals surface area (Å²) in [7, 11) is 1.87. The third-order valence-electron chi connectivity index (χ3n) is 5.76. The number of fused-ring (bicyclic) bond motifs is 5. The first-order valence-electron chi connectivity index (χ1n) is 10.7. The molecular formula is C24H29N5O. The molecule has 2 heterocycles. The summed E-state index contributed by atoms with van der Waals surface area (Å²) < 4.78 is 2.04. The van der Waals surface area contributed by atoms with Crippen molar-refractivity contribution < 1.29 is 4.79 Å². The van der Waals surface area contributed by atoms with Gasteiger partial charge in [0.2, 0.25) is 5.91 Å². The third-order valence-corrected chi connectivity index (χ3v) is 5.76. The Kier molecular flexibility index (Phi) is 5.95. The Morgan fingerprint density at radius 2 is 1.87 bits per heavy atom. The molecule has 3 aromatic rings. The number of nitrogens with one attached hydrogen (secondary N) is 1. The van der Waals surface area contributed by atoms with Crippen LogP contribution in [0.25, 0.3) is 22.5 Å². The molecule has 1 amide bonds. The number of rotatable bonds is 6. The highest BCUT2D eigenvalue weighted by Gasteiger charge is 2.29. The summed E-state index contributed by atoms with van der Waals surface area (Å²) >= 11 is 0. The summed E-state index contributed by atoms with van der Waals surface area (Å²) in [4.78, 5) is 15.1. The predicted molar refractivity (Wildman–Crippen MR) is 120 cm³/mol. The highest BCUT2D eigenvalue weighted by molar-refractivity contribution is 6.00. The fourth-order valence-electron chi connectivity index (χ4n) is 4.22. The number of anilines is 1. The van der Waals surface area contributed by atoms with E-state index in [0.29, 0.717) is 19.5 Å². The number of para-hydroxylation sites is 1. The average molecular weight is 404 g/mol. The molecule has 0 fully saturated rings. The number of aromatic nitrogens is 3. The number of nitrogens with zero attached hydrogens (tertiary/aromatic N) is 4. The van der Waals surface area contributed by atoms with Crippen molar-refractivity contribution >= 4 is 11.6 Å². The lowest BCUT2D eigenvalue weighted by atomic mass is 9.95. The monoisotopic (exact) mass is 403 g/mol. The zero-order chi connectivity index (χ0) is 21.1. The molecule has 4 rings (SSSR count). The summed E-state index contributed by atoms with van der Waals surface area (Å²) in [6.45, 7) is 5.54. The van der Waals surface area contributed by atoms with Crippen molar-refractivity contribution in [3.63, 3.8) is 0 Å². The van der Waals surface area contributed by atoms with Gasteiger partial charge in [0, 0.05) is 24.1 Å². The lowest BCUT2D eigenvalue weighted by Gasteiger charge is -2.29. The van der Waals surface area contributed by atoms with Gasteiger partial charge in [-0.2, -0.15) is 0 Å². The van der Waals surface area contributed by atoms with Crippen LogP contribution in [0.1, 0.15) is 44.7 Å². The van der Waals surface area contributed by atoms with Gasteiger partial charge in [-0.1, -0.05) is 61.0 Å². The SMILES string of the molecule is CCCC(C)n1nnc2c1-c1ccccc1N(C(=O)CCNC)Cc1ccccc1-2. The van der Waals surface area contributed by atoms with E-state index in [1.807, 2.05) is 47.0 Å². The van der Waals surface area contributed by atoms with Gasteiger partial charge in [0.25, 0.3) is 0 Å². The van der Waals surface area contributed by atoms with Gasteiger partial charge in [0.15, 0.2) is 0 Å². The molecule has 30 heavy (non-hydrogen) atoms. The van der Waals surface area contributed by atoms with Crippen molar-refractivity contribution in [1.82, 2.24) is 20.3 Å². The predicted octanol–water partition coefficient (Wildman–Crippen LogP) is 4.43. The topological polar surface area (TPSA) is 63.1 Å². The molecule has 0 aliphatic carbocycles. The van der Waals surface area contributed by atoms with Crippen LogP contribution < -0.4 is 10.2 Å². The maximum Gasteiger partial charge on any atom is 0.228 e. The second-order valence-electron chi connectivity index (χ2n) is 7.88. The molecule has 156 valence electrons. The van der Waals surface area contributed by atoms with Crippen molar-refractivity contribution in [1.29, 1.82) is 0 Å². The van der Waals surface area contributed by atoms with Gasteiger partial charge < -0.3 is 10.2 Å². The Bertz CT molecular complexity index is 1040. The average Bonchev–Trinajstić information content (AvgIpc) is 3.19. The van der Waals surface area contributed by atoms with Crippen LogP contribution in [0.2, 0.25) is 0 Å². The number of hydrogen-bond donors (Lipinski definition) is 1. The Balaban J connectivity index is 1.96. The van der Waals surface area contributed by atoms with Gasteiger partial charge in [-0.15, -0.1) is 5.10 Å². The molecule has 1 N–H and O–H groups in total. The summed E-state index contributed by atoms with van der Waals surface area (Å²) in [5, 5.41) is 12.3. The van der Waals surface area contributed by atoms with Crippen molar-refractivity contribution in [2.75, 3.05) is 18.5 Å². The fraction of sp³-hybridized carbons (Fsp3) is 0.375. The number of carbonyl (C=O) groups excluding carboxylic acids is 1. The highest BCUT2D eigenvalue weighted by atomic mass is 16.2. The van der Waals surface area contributed by atoms with E-state index in [9.17, 15) is 4.79 Å². The molecule has 1 aromatic heterocycles. The Morgan fingerprint density at radius 3 is 2.63 bits per heavy atom. The molecular weight excluding hydrogens is 374 g/mol. The van der Waals surface area contributed by atoms with Gasteiger partial charge in [-0.3, -0.25) is 4.79 Å². The van der Waals surface area contributed by atoms with Crippen LogP contribution in [0.4, 0.5) is 5.69 Å². The van der Waals surface area contributed by atoms with Crippen molar-refractivity contribution in [2.24, 2.45) is 0 Å². The van der Waals surface area contributed by atoms with E-state index in [-0.39, 0.29) is 11.9 Å². The largest absolute Gasteiger partial charge is 0.319 e. The van der Waals surface area contributed by atoms with Crippen LogP contribution in [-0.2, 0) is 11.3 Å². The summed E-state index contributed by atoms with van der Waals surface area (Å²) in [5.41, 5.74) is 5.94. The lowest BCUT2D eigenvalue weighted by molar-refractivity contribution is -0.118. The first-order chi connectivity index (χ1) is 14.7. The van der Waals surface area contributed by atoms with Gasteiger partial charge in [-0.05, 0) is 32.0 Å². The van der Waals surface area contributed by atoms with Gasteiger partial charge in [0.1, 0.15) is 5.69 Å². The first-order valence-corrected chi connectivity index (χ1v) is 10.7. The molecule has 0 spiro atoms. The van der Waals surface area contributed by atoms with Crippen LogP contribution in [0.3, 0.4) is 0 Å². The molecule has 0 radical (unpaired) electrons. The summed E-state index contributed by atoms with van der Waals surface area (Å²) in [6.07, 6.45) is 2.54. The molecule has 0 bridgehead atoms. The Morgan fingerprint density at radius 1 is 1.13 bits per heavy atom. The molecule has 2 aromatic carbocycles. The maximum absolute atomic E-state index is 13.2. The second-order valence-corrected chi connectivity index (χ2v) is 7.88. The number of benzene rings is 2. The van der Waals surface area contributed by atoms with E-state index in [2.05, 4.69) is 47.7 Å². The minimum atomic E-state index is 0.107. The van der Waals surface area contributed by atoms with Gasteiger partial charge in [-0.25, -0.2) is 4.68 Å². The zero-order valence-electron chi connectivity index (χ0n) is 17.9.